The smallest absolute Gasteiger partial charge is 0.223 e. The van der Waals surface area contributed by atoms with Crippen LogP contribution in [0.25, 0.3) is 0 Å². The SMILES string of the molecule is CCN1CCC[C@@H](CNC(=O)C2CC2)C1. The molecule has 15 heavy (non-hydrogen) atoms. The molecule has 0 aromatic heterocycles. The minimum atomic E-state index is 0.295. The molecule has 0 spiro atoms. The maximum absolute atomic E-state index is 11.5. The maximum Gasteiger partial charge on any atom is 0.223 e. The Labute approximate surface area is 92.2 Å². The van der Waals surface area contributed by atoms with E-state index in [2.05, 4.69) is 17.1 Å². The summed E-state index contributed by atoms with van der Waals surface area (Å²) in [6.45, 7) is 6.66. The summed E-state index contributed by atoms with van der Waals surface area (Å²) >= 11 is 0. The van der Waals surface area contributed by atoms with Crippen molar-refractivity contribution in [1.82, 2.24) is 10.2 Å². The number of amides is 1. The van der Waals surface area contributed by atoms with Crippen LogP contribution in [-0.4, -0.2) is 37.0 Å². The fraction of sp³-hybridized carbons (Fsp3) is 0.917. The topological polar surface area (TPSA) is 32.3 Å². The Morgan fingerprint density at radius 2 is 2.20 bits per heavy atom. The van der Waals surface area contributed by atoms with Crippen LogP contribution >= 0.6 is 0 Å². The quantitative estimate of drug-likeness (QED) is 0.757. The number of carbonyl (C=O) groups is 1. The van der Waals surface area contributed by atoms with Crippen molar-refractivity contribution in [2.75, 3.05) is 26.2 Å². The van der Waals surface area contributed by atoms with E-state index in [1.54, 1.807) is 0 Å². The van der Waals surface area contributed by atoms with Crippen molar-refractivity contribution < 1.29 is 4.79 Å². The van der Waals surface area contributed by atoms with Crippen LogP contribution in [0.3, 0.4) is 0 Å². The lowest BCUT2D eigenvalue weighted by atomic mass is 9.98. The normalized spacial score (nSPS) is 27.7. The van der Waals surface area contributed by atoms with E-state index in [1.165, 1.54) is 25.9 Å². The molecule has 0 aromatic rings. The lowest BCUT2D eigenvalue weighted by Crippen LogP contribution is -2.41. The van der Waals surface area contributed by atoms with Gasteiger partial charge in [-0.05, 0) is 44.7 Å². The lowest BCUT2D eigenvalue weighted by molar-refractivity contribution is -0.122. The van der Waals surface area contributed by atoms with E-state index < -0.39 is 0 Å². The summed E-state index contributed by atoms with van der Waals surface area (Å²) < 4.78 is 0. The van der Waals surface area contributed by atoms with Crippen LogP contribution in [0.15, 0.2) is 0 Å². The summed E-state index contributed by atoms with van der Waals surface area (Å²) in [5.74, 6) is 1.33. The molecule has 0 radical (unpaired) electrons. The van der Waals surface area contributed by atoms with Gasteiger partial charge in [0.25, 0.3) is 0 Å². The molecule has 0 bridgehead atoms. The third-order valence-electron chi connectivity index (χ3n) is 3.56. The Bertz CT molecular complexity index is 226. The Hall–Kier alpha value is -0.570. The maximum atomic E-state index is 11.5. The van der Waals surface area contributed by atoms with Crippen molar-refractivity contribution >= 4 is 5.91 Å². The first kappa shape index (κ1) is 10.9. The number of carbonyl (C=O) groups excluding carboxylic acids is 1. The molecule has 1 N–H and O–H groups in total. The van der Waals surface area contributed by atoms with Crippen LogP contribution in [0, 0.1) is 11.8 Å². The molecule has 1 saturated carbocycles. The molecule has 3 nitrogen and oxygen atoms in total. The average Bonchev–Trinajstić information content (AvgIpc) is 3.10. The fourth-order valence-corrected chi connectivity index (χ4v) is 2.34. The monoisotopic (exact) mass is 210 g/mol. The minimum Gasteiger partial charge on any atom is -0.356 e. The van der Waals surface area contributed by atoms with Crippen molar-refractivity contribution in [3.8, 4) is 0 Å². The van der Waals surface area contributed by atoms with Crippen LogP contribution in [-0.2, 0) is 4.79 Å². The second-order valence-electron chi connectivity index (χ2n) is 4.92. The number of hydrogen-bond donors (Lipinski definition) is 1. The van der Waals surface area contributed by atoms with Crippen LogP contribution in [0.2, 0.25) is 0 Å². The minimum absolute atomic E-state index is 0.295. The van der Waals surface area contributed by atoms with E-state index in [1.807, 2.05) is 0 Å². The zero-order chi connectivity index (χ0) is 10.7. The number of nitrogens with zero attached hydrogens (tertiary/aromatic N) is 1. The summed E-state index contributed by atoms with van der Waals surface area (Å²) in [7, 11) is 0. The Balaban J connectivity index is 1.67. The fourth-order valence-electron chi connectivity index (χ4n) is 2.34. The van der Waals surface area contributed by atoms with E-state index in [-0.39, 0.29) is 0 Å². The van der Waals surface area contributed by atoms with Gasteiger partial charge in [0.15, 0.2) is 0 Å². The second-order valence-corrected chi connectivity index (χ2v) is 4.92. The van der Waals surface area contributed by atoms with Gasteiger partial charge >= 0.3 is 0 Å². The Morgan fingerprint density at radius 3 is 2.87 bits per heavy atom. The highest BCUT2D eigenvalue weighted by Gasteiger charge is 2.30. The molecular formula is C12H22N2O. The largest absolute Gasteiger partial charge is 0.356 e. The molecule has 86 valence electrons. The zero-order valence-corrected chi connectivity index (χ0v) is 9.67. The average molecular weight is 210 g/mol. The highest BCUT2D eigenvalue weighted by Crippen LogP contribution is 2.28. The summed E-state index contributed by atoms with van der Waals surface area (Å²) in [5.41, 5.74) is 0. The number of nitrogens with one attached hydrogen (secondary N) is 1. The van der Waals surface area contributed by atoms with Crippen molar-refractivity contribution in [2.24, 2.45) is 11.8 Å². The Kier molecular flexibility index (Phi) is 3.62. The second kappa shape index (κ2) is 4.97. The van der Waals surface area contributed by atoms with Crippen molar-refractivity contribution in [3.63, 3.8) is 0 Å². The first-order valence-electron chi connectivity index (χ1n) is 6.29. The van der Waals surface area contributed by atoms with Gasteiger partial charge < -0.3 is 10.2 Å². The van der Waals surface area contributed by atoms with Gasteiger partial charge in [0.1, 0.15) is 0 Å². The van der Waals surface area contributed by atoms with Gasteiger partial charge in [0.05, 0.1) is 0 Å². The summed E-state index contributed by atoms with van der Waals surface area (Å²) in [6.07, 6.45) is 4.79. The summed E-state index contributed by atoms with van der Waals surface area (Å²) in [5, 5.41) is 3.09. The molecule has 2 fully saturated rings. The predicted molar refractivity (Wildman–Crippen MR) is 60.6 cm³/mol. The van der Waals surface area contributed by atoms with Gasteiger partial charge in [-0.3, -0.25) is 4.79 Å². The van der Waals surface area contributed by atoms with Crippen molar-refractivity contribution in [1.29, 1.82) is 0 Å². The molecule has 1 aliphatic carbocycles. The van der Waals surface area contributed by atoms with E-state index in [0.29, 0.717) is 17.7 Å². The highest BCUT2D eigenvalue weighted by molar-refractivity contribution is 5.80. The van der Waals surface area contributed by atoms with Gasteiger partial charge in [0.2, 0.25) is 5.91 Å². The van der Waals surface area contributed by atoms with Crippen molar-refractivity contribution in [2.45, 2.75) is 32.6 Å². The van der Waals surface area contributed by atoms with Crippen LogP contribution < -0.4 is 5.32 Å². The standard InChI is InChI=1S/C12H22N2O/c1-2-14-7-3-4-10(9-14)8-13-12(15)11-5-6-11/h10-11H,2-9H2,1H3,(H,13,15)/t10-/m0/s1. The van der Waals surface area contributed by atoms with E-state index in [4.69, 9.17) is 0 Å². The first-order chi connectivity index (χ1) is 7.29. The number of piperidine rings is 1. The van der Waals surface area contributed by atoms with Crippen LogP contribution in [0.4, 0.5) is 0 Å². The third-order valence-corrected chi connectivity index (χ3v) is 3.56. The van der Waals surface area contributed by atoms with Gasteiger partial charge in [-0.25, -0.2) is 0 Å². The van der Waals surface area contributed by atoms with Gasteiger partial charge in [-0.15, -0.1) is 0 Å². The molecule has 2 aliphatic rings. The summed E-state index contributed by atoms with van der Waals surface area (Å²) in [4.78, 5) is 14.0. The molecule has 0 unspecified atom stereocenters. The zero-order valence-electron chi connectivity index (χ0n) is 9.67. The molecule has 2 rings (SSSR count). The molecule has 1 atom stereocenters. The predicted octanol–water partition coefficient (Wildman–Crippen LogP) is 1.24. The van der Waals surface area contributed by atoms with E-state index in [0.717, 1.165) is 25.9 Å². The number of hydrogen-bond acceptors (Lipinski definition) is 2. The van der Waals surface area contributed by atoms with Crippen molar-refractivity contribution in [3.05, 3.63) is 0 Å². The molecule has 1 heterocycles. The summed E-state index contributed by atoms with van der Waals surface area (Å²) in [6, 6.07) is 0. The molecule has 0 aromatic carbocycles. The van der Waals surface area contributed by atoms with E-state index in [9.17, 15) is 4.79 Å². The number of rotatable bonds is 4. The molecular weight excluding hydrogens is 188 g/mol. The van der Waals surface area contributed by atoms with Gasteiger partial charge in [-0.2, -0.15) is 0 Å². The highest BCUT2D eigenvalue weighted by atomic mass is 16.2. The van der Waals surface area contributed by atoms with Crippen LogP contribution in [0.1, 0.15) is 32.6 Å². The third kappa shape index (κ3) is 3.20. The molecule has 1 amide bonds. The molecule has 1 aliphatic heterocycles. The van der Waals surface area contributed by atoms with Gasteiger partial charge in [0, 0.05) is 19.0 Å². The Morgan fingerprint density at radius 1 is 1.40 bits per heavy atom. The lowest BCUT2D eigenvalue weighted by Gasteiger charge is -2.31. The van der Waals surface area contributed by atoms with Gasteiger partial charge in [-0.1, -0.05) is 6.92 Å². The van der Waals surface area contributed by atoms with E-state index >= 15 is 0 Å². The molecule has 1 saturated heterocycles. The van der Waals surface area contributed by atoms with Crippen LogP contribution in [0.5, 0.6) is 0 Å². The molecule has 3 heteroatoms. The number of likely N-dealkylation sites (tertiary alicyclic amines) is 1. The first-order valence-corrected chi connectivity index (χ1v) is 6.29.